The van der Waals surface area contributed by atoms with Crippen molar-refractivity contribution in [3.05, 3.63) is 59.4 Å². The summed E-state index contributed by atoms with van der Waals surface area (Å²) >= 11 is 0. The lowest BCUT2D eigenvalue weighted by Crippen LogP contribution is -2.29. The Morgan fingerprint density at radius 1 is 1.27 bits per heavy atom. The summed E-state index contributed by atoms with van der Waals surface area (Å²) in [6.45, 7) is 0. The third-order valence-corrected chi connectivity index (χ3v) is 3.97. The molecule has 3 rings (SSSR count). The van der Waals surface area contributed by atoms with Gasteiger partial charge in [-0.15, -0.1) is 12.4 Å². The summed E-state index contributed by atoms with van der Waals surface area (Å²) in [6.07, 6.45) is 3.91. The number of nitrogens with one attached hydrogen (secondary N) is 2. The Bertz CT molecular complexity index is 690. The Labute approximate surface area is 136 Å². The van der Waals surface area contributed by atoms with Gasteiger partial charge in [0.25, 0.3) is 0 Å². The van der Waals surface area contributed by atoms with Crippen molar-refractivity contribution in [2.45, 2.75) is 18.8 Å². The van der Waals surface area contributed by atoms with E-state index in [1.807, 2.05) is 6.07 Å². The van der Waals surface area contributed by atoms with E-state index >= 15 is 0 Å². The Balaban J connectivity index is 0.00000176. The fraction of sp³-hybridized carbons (Fsp3) is 0.250. The van der Waals surface area contributed by atoms with E-state index in [9.17, 15) is 0 Å². The number of benzene rings is 1. The monoisotopic (exact) mass is 317 g/mol. The fourth-order valence-electron chi connectivity index (χ4n) is 2.92. The van der Waals surface area contributed by atoms with Gasteiger partial charge in [-0.1, -0.05) is 30.3 Å². The number of hydrogen-bond donors (Lipinski definition) is 3. The van der Waals surface area contributed by atoms with E-state index < -0.39 is 0 Å². The largest absolute Gasteiger partial charge is 0.369 e. The Kier molecular flexibility index (Phi) is 4.88. The van der Waals surface area contributed by atoms with Crippen LogP contribution in [0, 0.1) is 5.41 Å². The summed E-state index contributed by atoms with van der Waals surface area (Å²) in [4.78, 5) is 0. The van der Waals surface area contributed by atoms with Crippen molar-refractivity contribution in [1.82, 2.24) is 9.99 Å². The lowest BCUT2D eigenvalue weighted by Gasteiger charge is -2.25. The zero-order valence-electron chi connectivity index (χ0n) is 12.4. The maximum absolute atomic E-state index is 7.27. The molecule has 1 aromatic carbocycles. The minimum absolute atomic E-state index is 0. The molecule has 22 heavy (non-hydrogen) atoms. The van der Waals surface area contributed by atoms with E-state index in [1.165, 1.54) is 11.3 Å². The number of hydrogen-bond acceptors (Lipinski definition) is 2. The Morgan fingerprint density at radius 2 is 2.00 bits per heavy atom. The second kappa shape index (κ2) is 6.66. The zero-order valence-corrected chi connectivity index (χ0v) is 13.2. The molecule has 6 heteroatoms. The van der Waals surface area contributed by atoms with Gasteiger partial charge < -0.3 is 10.3 Å². The van der Waals surface area contributed by atoms with Crippen LogP contribution in [-0.4, -0.2) is 16.2 Å². The van der Waals surface area contributed by atoms with Crippen LogP contribution in [-0.2, 0) is 13.5 Å². The molecule has 5 nitrogen and oxygen atoms in total. The van der Waals surface area contributed by atoms with Crippen LogP contribution in [0.4, 0.5) is 0 Å². The van der Waals surface area contributed by atoms with Crippen molar-refractivity contribution in [3.63, 3.8) is 0 Å². The number of aryl methyl sites for hydroxylation is 1. The van der Waals surface area contributed by atoms with Crippen molar-refractivity contribution in [3.8, 4) is 0 Å². The van der Waals surface area contributed by atoms with Crippen LogP contribution < -0.4 is 11.2 Å². The van der Waals surface area contributed by atoms with Gasteiger partial charge in [-0.25, -0.2) is 5.43 Å². The van der Waals surface area contributed by atoms with Crippen molar-refractivity contribution >= 4 is 24.1 Å². The highest BCUT2D eigenvalue weighted by molar-refractivity contribution is 6.03. The SMILES string of the molecule is Cl.Cn1ccc2c1CC(c1ccccc1)CC2=NNC(=N)N. The Hall–Kier alpha value is -2.27. The van der Waals surface area contributed by atoms with Gasteiger partial charge in [-0.05, 0) is 30.4 Å². The molecular formula is C16H20ClN5. The first-order valence-electron chi connectivity index (χ1n) is 7.01. The van der Waals surface area contributed by atoms with Crippen LogP contribution in [0.25, 0.3) is 0 Å². The van der Waals surface area contributed by atoms with Crippen molar-refractivity contribution in [2.75, 3.05) is 0 Å². The van der Waals surface area contributed by atoms with Crippen molar-refractivity contribution in [2.24, 2.45) is 17.9 Å². The van der Waals surface area contributed by atoms with E-state index in [2.05, 4.69) is 58.7 Å². The van der Waals surface area contributed by atoms with E-state index in [0.717, 1.165) is 24.1 Å². The van der Waals surface area contributed by atoms with Gasteiger partial charge in [-0.3, -0.25) is 5.41 Å². The maximum Gasteiger partial charge on any atom is 0.206 e. The fourth-order valence-corrected chi connectivity index (χ4v) is 2.92. The molecule has 2 aromatic rings. The second-order valence-corrected chi connectivity index (χ2v) is 5.39. The molecule has 1 aliphatic carbocycles. The van der Waals surface area contributed by atoms with Gasteiger partial charge >= 0.3 is 0 Å². The van der Waals surface area contributed by atoms with Gasteiger partial charge in [-0.2, -0.15) is 5.10 Å². The van der Waals surface area contributed by atoms with Crippen molar-refractivity contribution < 1.29 is 0 Å². The lowest BCUT2D eigenvalue weighted by atomic mass is 9.82. The number of guanidine groups is 1. The van der Waals surface area contributed by atoms with Gasteiger partial charge in [0.05, 0.1) is 5.71 Å². The summed E-state index contributed by atoms with van der Waals surface area (Å²) in [5.41, 5.74) is 12.6. The molecule has 4 N–H and O–H groups in total. The van der Waals surface area contributed by atoms with Gasteiger partial charge in [0.2, 0.25) is 5.96 Å². The highest BCUT2D eigenvalue weighted by Gasteiger charge is 2.26. The lowest BCUT2D eigenvalue weighted by molar-refractivity contribution is 0.653. The van der Waals surface area contributed by atoms with E-state index in [1.54, 1.807) is 0 Å². The standard InChI is InChI=1S/C16H19N5.ClH/c1-21-8-7-13-14(19-20-16(17)18)9-12(10-15(13)21)11-5-3-2-4-6-11;/h2-8,12H,9-10H2,1H3,(H4,17,18,20);1H. The highest BCUT2D eigenvalue weighted by Crippen LogP contribution is 2.33. The summed E-state index contributed by atoms with van der Waals surface area (Å²) < 4.78 is 2.15. The molecule has 0 spiro atoms. The molecule has 0 saturated heterocycles. The van der Waals surface area contributed by atoms with Gasteiger partial charge in [0.1, 0.15) is 0 Å². The number of rotatable bonds is 2. The van der Waals surface area contributed by atoms with Gasteiger partial charge in [0.15, 0.2) is 0 Å². The number of fused-ring (bicyclic) bond motifs is 1. The molecule has 1 aliphatic rings. The molecular weight excluding hydrogens is 298 g/mol. The normalized spacial score (nSPS) is 18.4. The predicted molar refractivity (Wildman–Crippen MR) is 91.8 cm³/mol. The molecule has 1 aromatic heterocycles. The second-order valence-electron chi connectivity index (χ2n) is 5.39. The minimum atomic E-state index is -0.137. The van der Waals surface area contributed by atoms with Crippen LogP contribution in [0.2, 0.25) is 0 Å². The summed E-state index contributed by atoms with van der Waals surface area (Å²) in [6, 6.07) is 12.6. The topological polar surface area (TPSA) is 79.2 Å². The first-order chi connectivity index (χ1) is 10.1. The van der Waals surface area contributed by atoms with Crippen LogP contribution in [0.3, 0.4) is 0 Å². The smallest absolute Gasteiger partial charge is 0.206 e. The molecule has 116 valence electrons. The highest BCUT2D eigenvalue weighted by atomic mass is 35.5. The Morgan fingerprint density at radius 3 is 2.68 bits per heavy atom. The molecule has 0 amide bonds. The first-order valence-corrected chi connectivity index (χ1v) is 7.01. The number of aromatic nitrogens is 1. The third kappa shape index (κ3) is 3.14. The third-order valence-electron chi connectivity index (χ3n) is 3.97. The van der Waals surface area contributed by atoms with E-state index in [4.69, 9.17) is 11.1 Å². The molecule has 1 unspecified atom stereocenters. The minimum Gasteiger partial charge on any atom is -0.369 e. The molecule has 0 saturated carbocycles. The average Bonchev–Trinajstić information content (AvgIpc) is 2.87. The zero-order chi connectivity index (χ0) is 14.8. The summed E-state index contributed by atoms with van der Waals surface area (Å²) in [5, 5.41) is 11.6. The predicted octanol–water partition coefficient (Wildman–Crippen LogP) is 2.36. The molecule has 0 aliphatic heterocycles. The number of nitrogens with zero attached hydrogens (tertiary/aromatic N) is 2. The van der Waals surface area contributed by atoms with E-state index in [0.29, 0.717) is 5.92 Å². The quantitative estimate of drug-likeness (QED) is 0.451. The number of nitrogens with two attached hydrogens (primary N) is 1. The first kappa shape index (κ1) is 16.1. The molecule has 0 radical (unpaired) electrons. The summed E-state index contributed by atoms with van der Waals surface area (Å²) in [5.74, 6) is 0.265. The van der Waals surface area contributed by atoms with E-state index in [-0.39, 0.29) is 18.4 Å². The van der Waals surface area contributed by atoms with Gasteiger partial charge in [0, 0.05) is 24.5 Å². The molecule has 0 fully saturated rings. The summed E-state index contributed by atoms with van der Waals surface area (Å²) in [7, 11) is 2.06. The maximum atomic E-state index is 7.27. The average molecular weight is 318 g/mol. The number of hydrazone groups is 1. The molecule has 1 atom stereocenters. The van der Waals surface area contributed by atoms with Crippen LogP contribution in [0.5, 0.6) is 0 Å². The molecule has 1 heterocycles. The van der Waals surface area contributed by atoms with Crippen LogP contribution in [0.1, 0.15) is 29.2 Å². The number of halogens is 1. The molecule has 0 bridgehead atoms. The van der Waals surface area contributed by atoms with Crippen LogP contribution in [0.15, 0.2) is 47.7 Å². The van der Waals surface area contributed by atoms with Crippen molar-refractivity contribution in [1.29, 1.82) is 5.41 Å². The van der Waals surface area contributed by atoms with Crippen LogP contribution >= 0.6 is 12.4 Å².